The second-order valence-electron chi connectivity index (χ2n) is 4.08. The van der Waals surface area contributed by atoms with Crippen LogP contribution in [-0.2, 0) is 0 Å². The largest absolute Gasteiger partial charge is 0.340 e. The number of nitrogens with one attached hydrogen (secondary N) is 1. The highest BCUT2D eigenvalue weighted by Gasteiger charge is 2.07. The van der Waals surface area contributed by atoms with Gasteiger partial charge in [-0.15, -0.1) is 0 Å². The Bertz CT molecular complexity index is 735. The van der Waals surface area contributed by atoms with Crippen LogP contribution in [0.2, 0.25) is 5.15 Å². The zero-order valence-electron chi connectivity index (χ0n) is 9.93. The second kappa shape index (κ2) is 4.79. The van der Waals surface area contributed by atoms with Crippen molar-refractivity contribution in [1.29, 1.82) is 0 Å². The fourth-order valence-electron chi connectivity index (χ4n) is 1.83. The normalized spacial score (nSPS) is 10.9. The first kappa shape index (κ1) is 12.4. The summed E-state index contributed by atoms with van der Waals surface area (Å²) in [7, 11) is 0. The van der Waals surface area contributed by atoms with E-state index in [0.717, 1.165) is 15.7 Å². The van der Waals surface area contributed by atoms with Crippen molar-refractivity contribution in [3.05, 3.63) is 45.8 Å². The molecule has 0 fully saturated rings. The standard InChI is InChI=1S/C12H9BrClN5/c1-7-2-8(13)4-9(3-7)17-11-5-10(14)18-12-15-6-16-19(11)12/h2-6,17H,1H3. The van der Waals surface area contributed by atoms with E-state index in [2.05, 4.69) is 36.3 Å². The number of halogens is 2. The fraction of sp³-hybridized carbons (Fsp3) is 0.0833. The lowest BCUT2D eigenvalue weighted by molar-refractivity contribution is 0.947. The van der Waals surface area contributed by atoms with Gasteiger partial charge in [-0.3, -0.25) is 0 Å². The molecule has 0 aliphatic rings. The van der Waals surface area contributed by atoms with Gasteiger partial charge in [0.15, 0.2) is 0 Å². The monoisotopic (exact) mass is 337 g/mol. The van der Waals surface area contributed by atoms with Gasteiger partial charge in [0.25, 0.3) is 5.78 Å². The van der Waals surface area contributed by atoms with Crippen molar-refractivity contribution in [2.24, 2.45) is 0 Å². The molecule has 0 saturated heterocycles. The van der Waals surface area contributed by atoms with Crippen LogP contribution in [0.5, 0.6) is 0 Å². The summed E-state index contributed by atoms with van der Waals surface area (Å²) in [6, 6.07) is 7.75. The van der Waals surface area contributed by atoms with Gasteiger partial charge in [0.1, 0.15) is 17.3 Å². The Hall–Kier alpha value is -1.66. The van der Waals surface area contributed by atoms with E-state index in [1.165, 1.54) is 6.33 Å². The molecule has 0 aliphatic heterocycles. The molecular formula is C12H9BrClN5. The molecule has 19 heavy (non-hydrogen) atoms. The molecule has 0 atom stereocenters. The van der Waals surface area contributed by atoms with Gasteiger partial charge in [-0.25, -0.2) is 0 Å². The number of rotatable bonds is 2. The molecule has 2 heterocycles. The predicted octanol–water partition coefficient (Wildman–Crippen LogP) is 3.59. The zero-order valence-corrected chi connectivity index (χ0v) is 12.3. The predicted molar refractivity (Wildman–Crippen MR) is 78.0 cm³/mol. The van der Waals surface area contributed by atoms with Crippen LogP contribution in [0, 0.1) is 6.92 Å². The maximum absolute atomic E-state index is 5.97. The number of hydrogen-bond donors (Lipinski definition) is 1. The highest BCUT2D eigenvalue weighted by Crippen LogP contribution is 2.23. The van der Waals surface area contributed by atoms with Crippen LogP contribution in [0.1, 0.15) is 5.56 Å². The average Bonchev–Trinajstić information content (AvgIpc) is 2.75. The van der Waals surface area contributed by atoms with Crippen LogP contribution >= 0.6 is 27.5 Å². The molecule has 2 aromatic heterocycles. The quantitative estimate of drug-likeness (QED) is 0.726. The molecule has 7 heteroatoms. The van der Waals surface area contributed by atoms with Gasteiger partial charge >= 0.3 is 0 Å². The summed E-state index contributed by atoms with van der Waals surface area (Å²) >= 11 is 9.44. The Morgan fingerprint density at radius 1 is 1.26 bits per heavy atom. The van der Waals surface area contributed by atoms with Crippen molar-refractivity contribution >= 4 is 44.8 Å². The maximum Gasteiger partial charge on any atom is 0.255 e. The minimum Gasteiger partial charge on any atom is -0.340 e. The Morgan fingerprint density at radius 3 is 2.89 bits per heavy atom. The summed E-state index contributed by atoms with van der Waals surface area (Å²) in [5, 5.41) is 7.74. The van der Waals surface area contributed by atoms with E-state index in [-0.39, 0.29) is 0 Å². The topological polar surface area (TPSA) is 55.1 Å². The van der Waals surface area contributed by atoms with Crippen LogP contribution in [-0.4, -0.2) is 19.6 Å². The molecule has 96 valence electrons. The molecule has 3 rings (SSSR count). The maximum atomic E-state index is 5.97. The van der Waals surface area contributed by atoms with Gasteiger partial charge in [0, 0.05) is 16.2 Å². The molecule has 0 unspecified atom stereocenters. The molecule has 0 spiro atoms. The third-order valence-electron chi connectivity index (χ3n) is 2.54. The van der Waals surface area contributed by atoms with Crippen molar-refractivity contribution in [3.63, 3.8) is 0 Å². The highest BCUT2D eigenvalue weighted by molar-refractivity contribution is 9.10. The minimum atomic E-state index is 0.370. The van der Waals surface area contributed by atoms with Crippen molar-refractivity contribution in [2.75, 3.05) is 5.32 Å². The Labute approximate surface area is 122 Å². The van der Waals surface area contributed by atoms with Gasteiger partial charge in [-0.2, -0.15) is 19.6 Å². The van der Waals surface area contributed by atoms with Crippen LogP contribution in [0.15, 0.2) is 35.1 Å². The Morgan fingerprint density at radius 2 is 2.11 bits per heavy atom. The van der Waals surface area contributed by atoms with E-state index in [9.17, 15) is 0 Å². The first-order chi connectivity index (χ1) is 9.11. The molecule has 1 N–H and O–H groups in total. The number of nitrogens with zero attached hydrogens (tertiary/aromatic N) is 4. The third kappa shape index (κ3) is 2.54. The summed E-state index contributed by atoms with van der Waals surface area (Å²) in [6.45, 7) is 2.03. The molecule has 0 aliphatic carbocycles. The number of hydrogen-bond acceptors (Lipinski definition) is 4. The lowest BCUT2D eigenvalue weighted by atomic mass is 10.2. The number of anilines is 2. The molecular weight excluding hydrogens is 330 g/mol. The van der Waals surface area contributed by atoms with E-state index in [1.807, 2.05) is 25.1 Å². The van der Waals surface area contributed by atoms with Gasteiger partial charge in [-0.05, 0) is 30.7 Å². The summed E-state index contributed by atoms with van der Waals surface area (Å²) in [5.41, 5.74) is 2.08. The molecule has 0 bridgehead atoms. The Balaban J connectivity index is 2.07. The number of benzene rings is 1. The van der Waals surface area contributed by atoms with Crippen molar-refractivity contribution in [1.82, 2.24) is 19.6 Å². The molecule has 0 amide bonds. The van der Waals surface area contributed by atoms with Crippen molar-refractivity contribution in [2.45, 2.75) is 6.92 Å². The zero-order chi connectivity index (χ0) is 13.4. The first-order valence-corrected chi connectivity index (χ1v) is 6.69. The Kier molecular flexibility index (Phi) is 3.12. The van der Waals surface area contributed by atoms with Gasteiger partial charge < -0.3 is 5.32 Å². The second-order valence-corrected chi connectivity index (χ2v) is 5.38. The van der Waals surface area contributed by atoms with Gasteiger partial charge in [0.2, 0.25) is 0 Å². The highest BCUT2D eigenvalue weighted by atomic mass is 79.9. The number of fused-ring (bicyclic) bond motifs is 1. The molecule has 1 aromatic carbocycles. The van der Waals surface area contributed by atoms with E-state index in [4.69, 9.17) is 11.6 Å². The van der Waals surface area contributed by atoms with E-state index < -0.39 is 0 Å². The summed E-state index contributed by atoms with van der Waals surface area (Å²) in [6.07, 6.45) is 1.44. The summed E-state index contributed by atoms with van der Waals surface area (Å²) in [4.78, 5) is 8.10. The van der Waals surface area contributed by atoms with Crippen molar-refractivity contribution < 1.29 is 0 Å². The average molecular weight is 339 g/mol. The lowest BCUT2D eigenvalue weighted by Crippen LogP contribution is -2.01. The molecule has 5 nitrogen and oxygen atoms in total. The van der Waals surface area contributed by atoms with Gasteiger partial charge in [0.05, 0.1) is 0 Å². The summed E-state index contributed by atoms with van der Waals surface area (Å²) in [5.74, 6) is 1.17. The minimum absolute atomic E-state index is 0.370. The third-order valence-corrected chi connectivity index (χ3v) is 3.19. The van der Waals surface area contributed by atoms with E-state index >= 15 is 0 Å². The van der Waals surface area contributed by atoms with E-state index in [1.54, 1.807) is 10.6 Å². The van der Waals surface area contributed by atoms with Gasteiger partial charge in [-0.1, -0.05) is 27.5 Å². The van der Waals surface area contributed by atoms with Crippen LogP contribution in [0.3, 0.4) is 0 Å². The molecule has 0 radical (unpaired) electrons. The van der Waals surface area contributed by atoms with Crippen molar-refractivity contribution in [3.8, 4) is 0 Å². The fourth-order valence-corrected chi connectivity index (χ4v) is 2.62. The van der Waals surface area contributed by atoms with Crippen LogP contribution < -0.4 is 5.32 Å². The SMILES string of the molecule is Cc1cc(Br)cc(Nc2cc(Cl)nc3ncnn23)c1. The summed E-state index contributed by atoms with van der Waals surface area (Å²) < 4.78 is 2.60. The lowest BCUT2D eigenvalue weighted by Gasteiger charge is -2.09. The number of aromatic nitrogens is 4. The molecule has 0 saturated carbocycles. The van der Waals surface area contributed by atoms with E-state index in [0.29, 0.717) is 16.7 Å². The number of aryl methyl sites for hydroxylation is 1. The van der Waals surface area contributed by atoms with Crippen LogP contribution in [0.4, 0.5) is 11.5 Å². The van der Waals surface area contributed by atoms with Crippen LogP contribution in [0.25, 0.3) is 5.78 Å². The molecule has 3 aromatic rings. The first-order valence-electron chi connectivity index (χ1n) is 5.52. The smallest absolute Gasteiger partial charge is 0.255 e.